The molecule has 0 aliphatic carbocycles. The van der Waals surface area contributed by atoms with Crippen LogP contribution in [0.4, 0.5) is 4.79 Å². The fraction of sp³-hybridized carbons (Fsp3) is 0.733. The number of amides is 1. The molecule has 1 amide bonds. The first kappa shape index (κ1) is 16.2. The first-order chi connectivity index (χ1) is 9.87. The lowest BCUT2D eigenvalue weighted by molar-refractivity contribution is -0.00176. The van der Waals surface area contributed by atoms with Gasteiger partial charge in [-0.25, -0.2) is 9.78 Å². The van der Waals surface area contributed by atoms with Crippen LogP contribution in [0.1, 0.15) is 51.6 Å². The van der Waals surface area contributed by atoms with E-state index < -0.39 is 5.60 Å². The Labute approximate surface area is 130 Å². The number of thiazole rings is 1. The van der Waals surface area contributed by atoms with E-state index in [9.17, 15) is 4.79 Å². The average molecular weight is 312 g/mol. The Hall–Kier alpha value is -1.14. The molecular weight excluding hydrogens is 288 g/mol. The second-order valence-corrected chi connectivity index (χ2v) is 7.24. The Kier molecular flexibility index (Phi) is 5.22. The zero-order chi connectivity index (χ0) is 15.5. The van der Waals surface area contributed by atoms with Crippen molar-refractivity contribution in [3.63, 3.8) is 0 Å². The number of hydrogen-bond acceptors (Lipinski definition) is 5. The van der Waals surface area contributed by atoms with E-state index in [1.165, 1.54) is 0 Å². The van der Waals surface area contributed by atoms with E-state index >= 15 is 0 Å². The summed E-state index contributed by atoms with van der Waals surface area (Å²) in [5, 5.41) is 2.91. The number of carbonyl (C=O) groups is 1. The van der Waals surface area contributed by atoms with Gasteiger partial charge in [0.1, 0.15) is 16.7 Å². The summed E-state index contributed by atoms with van der Waals surface area (Å²) >= 11 is 1.59. The van der Waals surface area contributed by atoms with Crippen LogP contribution in [-0.2, 0) is 9.47 Å². The number of carbonyl (C=O) groups excluding carboxylic acids is 1. The van der Waals surface area contributed by atoms with Crippen molar-refractivity contribution in [2.45, 2.75) is 58.3 Å². The topological polar surface area (TPSA) is 51.7 Å². The molecule has 0 bridgehead atoms. The smallest absolute Gasteiger partial charge is 0.410 e. The molecule has 1 aromatic heterocycles. The van der Waals surface area contributed by atoms with E-state index in [0.29, 0.717) is 6.61 Å². The Morgan fingerprint density at radius 1 is 1.57 bits per heavy atom. The Balaban J connectivity index is 1.86. The van der Waals surface area contributed by atoms with Crippen LogP contribution in [0.3, 0.4) is 0 Å². The summed E-state index contributed by atoms with van der Waals surface area (Å²) in [6.07, 6.45) is 3.46. The van der Waals surface area contributed by atoms with Gasteiger partial charge in [0.25, 0.3) is 0 Å². The van der Waals surface area contributed by atoms with Crippen LogP contribution in [0.25, 0.3) is 0 Å². The predicted molar refractivity (Wildman–Crippen MR) is 82.4 cm³/mol. The van der Waals surface area contributed by atoms with Gasteiger partial charge in [0.2, 0.25) is 0 Å². The molecule has 0 saturated carbocycles. The van der Waals surface area contributed by atoms with Crippen molar-refractivity contribution in [2.75, 3.05) is 13.2 Å². The number of rotatable bonds is 4. The third-order valence-electron chi connectivity index (χ3n) is 3.34. The molecule has 2 heterocycles. The molecule has 1 aromatic rings. The molecular formula is C15H24N2O3S. The first-order valence-electron chi connectivity index (χ1n) is 7.37. The fourth-order valence-electron chi connectivity index (χ4n) is 2.33. The molecule has 0 N–H and O–H groups in total. The highest BCUT2D eigenvalue weighted by Crippen LogP contribution is 2.24. The molecule has 0 aromatic carbocycles. The zero-order valence-corrected chi connectivity index (χ0v) is 14.0. The molecule has 1 fully saturated rings. The lowest BCUT2D eigenvalue weighted by atomic mass is 10.2. The van der Waals surface area contributed by atoms with Gasteiger partial charge in [0.05, 0.1) is 12.6 Å². The SMILES string of the molecule is C[C@@H](OC[C@@H]1CCCN1C(=O)OC(C)(C)C)c1nccs1. The lowest BCUT2D eigenvalue weighted by Gasteiger charge is -2.29. The third-order valence-corrected chi connectivity index (χ3v) is 4.28. The Morgan fingerprint density at radius 3 is 2.95 bits per heavy atom. The van der Waals surface area contributed by atoms with Crippen molar-refractivity contribution in [1.82, 2.24) is 9.88 Å². The molecule has 2 rings (SSSR count). The van der Waals surface area contributed by atoms with Crippen LogP contribution >= 0.6 is 11.3 Å². The van der Waals surface area contributed by atoms with E-state index in [1.54, 1.807) is 22.4 Å². The first-order valence-corrected chi connectivity index (χ1v) is 8.25. The summed E-state index contributed by atoms with van der Waals surface area (Å²) in [5.41, 5.74) is -0.459. The van der Waals surface area contributed by atoms with Crippen molar-refractivity contribution in [3.05, 3.63) is 16.6 Å². The Bertz CT molecular complexity index is 456. The van der Waals surface area contributed by atoms with Crippen LogP contribution in [0, 0.1) is 0 Å². The standard InChI is InChI=1S/C15H24N2O3S/c1-11(13-16-7-9-21-13)19-10-12-6-5-8-17(12)14(18)20-15(2,3)4/h7,9,11-12H,5-6,8,10H2,1-4H3/t11-,12+/m1/s1. The molecule has 5 nitrogen and oxygen atoms in total. The molecule has 1 aliphatic rings. The van der Waals surface area contributed by atoms with Gasteiger partial charge in [0.15, 0.2) is 0 Å². The third kappa shape index (κ3) is 4.68. The molecule has 6 heteroatoms. The van der Waals surface area contributed by atoms with Gasteiger partial charge < -0.3 is 14.4 Å². The maximum atomic E-state index is 12.2. The molecule has 1 aliphatic heterocycles. The monoisotopic (exact) mass is 312 g/mol. The number of ether oxygens (including phenoxy) is 2. The van der Waals surface area contributed by atoms with E-state index in [4.69, 9.17) is 9.47 Å². The highest BCUT2D eigenvalue weighted by molar-refractivity contribution is 7.09. The number of hydrogen-bond donors (Lipinski definition) is 0. The highest BCUT2D eigenvalue weighted by atomic mass is 32.1. The van der Waals surface area contributed by atoms with Crippen molar-refractivity contribution in [2.24, 2.45) is 0 Å². The van der Waals surface area contributed by atoms with Crippen molar-refractivity contribution in [1.29, 1.82) is 0 Å². The van der Waals surface area contributed by atoms with Gasteiger partial charge in [-0.2, -0.15) is 0 Å². The maximum Gasteiger partial charge on any atom is 0.410 e. The second kappa shape index (κ2) is 6.75. The van der Waals surface area contributed by atoms with Crippen LogP contribution in [0.5, 0.6) is 0 Å². The molecule has 1 saturated heterocycles. The quantitative estimate of drug-likeness (QED) is 0.852. The van der Waals surface area contributed by atoms with Crippen molar-refractivity contribution >= 4 is 17.4 Å². The van der Waals surface area contributed by atoms with Crippen molar-refractivity contribution < 1.29 is 14.3 Å². The molecule has 118 valence electrons. The summed E-state index contributed by atoms with van der Waals surface area (Å²) in [6.45, 7) is 8.92. The van der Waals surface area contributed by atoms with Crippen LogP contribution in [0.15, 0.2) is 11.6 Å². The molecule has 2 atom stereocenters. The van der Waals surface area contributed by atoms with Gasteiger partial charge in [-0.15, -0.1) is 11.3 Å². The van der Waals surface area contributed by atoms with E-state index in [1.807, 2.05) is 33.1 Å². The normalized spacial score (nSPS) is 20.6. The molecule has 0 spiro atoms. The van der Waals surface area contributed by atoms with Gasteiger partial charge in [0, 0.05) is 18.1 Å². The van der Waals surface area contributed by atoms with Crippen LogP contribution in [0.2, 0.25) is 0 Å². The van der Waals surface area contributed by atoms with E-state index in [2.05, 4.69) is 4.98 Å². The maximum absolute atomic E-state index is 12.2. The van der Waals surface area contributed by atoms with Gasteiger partial charge in [-0.05, 0) is 40.5 Å². The Morgan fingerprint density at radius 2 is 2.33 bits per heavy atom. The van der Waals surface area contributed by atoms with E-state index in [-0.39, 0.29) is 18.2 Å². The average Bonchev–Trinajstić information content (AvgIpc) is 3.04. The molecule has 0 unspecified atom stereocenters. The predicted octanol–water partition coefficient (Wildman–Crippen LogP) is 3.62. The van der Waals surface area contributed by atoms with Crippen molar-refractivity contribution in [3.8, 4) is 0 Å². The summed E-state index contributed by atoms with van der Waals surface area (Å²) in [5.74, 6) is 0. The number of nitrogens with zero attached hydrogens (tertiary/aromatic N) is 2. The van der Waals surface area contributed by atoms with Crippen LogP contribution in [-0.4, -0.2) is 40.8 Å². The van der Waals surface area contributed by atoms with Gasteiger partial charge >= 0.3 is 6.09 Å². The summed E-state index contributed by atoms with van der Waals surface area (Å²) in [7, 11) is 0. The number of aromatic nitrogens is 1. The van der Waals surface area contributed by atoms with Gasteiger partial charge in [-0.1, -0.05) is 0 Å². The van der Waals surface area contributed by atoms with E-state index in [0.717, 1.165) is 24.4 Å². The molecule has 0 radical (unpaired) electrons. The molecule has 21 heavy (non-hydrogen) atoms. The van der Waals surface area contributed by atoms with Crippen LogP contribution < -0.4 is 0 Å². The largest absolute Gasteiger partial charge is 0.444 e. The lowest BCUT2D eigenvalue weighted by Crippen LogP contribution is -2.41. The fourth-order valence-corrected chi connectivity index (χ4v) is 2.97. The van der Waals surface area contributed by atoms with Gasteiger partial charge in [-0.3, -0.25) is 0 Å². The summed E-state index contributed by atoms with van der Waals surface area (Å²) in [6, 6.07) is 0.0993. The number of likely N-dealkylation sites (tertiary alicyclic amines) is 1. The second-order valence-electron chi connectivity index (χ2n) is 6.32. The zero-order valence-electron chi connectivity index (χ0n) is 13.2. The minimum Gasteiger partial charge on any atom is -0.444 e. The highest BCUT2D eigenvalue weighted by Gasteiger charge is 2.32. The minimum absolute atomic E-state index is 0.0360. The summed E-state index contributed by atoms with van der Waals surface area (Å²) < 4.78 is 11.3. The minimum atomic E-state index is -0.459. The summed E-state index contributed by atoms with van der Waals surface area (Å²) in [4.78, 5) is 18.2.